The zero-order chi connectivity index (χ0) is 12.5. The van der Waals surface area contributed by atoms with Gasteiger partial charge in [0.15, 0.2) is 0 Å². The molecule has 0 N–H and O–H groups in total. The summed E-state index contributed by atoms with van der Waals surface area (Å²) in [5.41, 5.74) is 2.94. The standard InChI is InChI=1S/C10H14.C7H10/c1-9(2)8-10-6-4-3-5-7-10;1-7-5-3-2-4-6-7/h3-7,9H,8H2,1-2H3;2-3,5H,4,6H2,1H3. The molecule has 1 aromatic rings. The first-order chi connectivity index (χ1) is 8.18. The van der Waals surface area contributed by atoms with Gasteiger partial charge in [0.25, 0.3) is 0 Å². The summed E-state index contributed by atoms with van der Waals surface area (Å²) < 4.78 is 0. The minimum atomic E-state index is 0.766. The van der Waals surface area contributed by atoms with Gasteiger partial charge in [0.1, 0.15) is 0 Å². The van der Waals surface area contributed by atoms with Crippen LogP contribution in [0.5, 0.6) is 0 Å². The molecule has 0 spiro atoms. The van der Waals surface area contributed by atoms with E-state index in [1.165, 1.54) is 30.4 Å². The predicted molar refractivity (Wildman–Crippen MR) is 77.1 cm³/mol. The number of rotatable bonds is 2. The van der Waals surface area contributed by atoms with Crippen molar-refractivity contribution in [3.05, 3.63) is 59.7 Å². The van der Waals surface area contributed by atoms with E-state index in [2.05, 4.69) is 69.3 Å². The van der Waals surface area contributed by atoms with Crippen molar-refractivity contribution in [3.8, 4) is 0 Å². The quantitative estimate of drug-likeness (QED) is 0.655. The third kappa shape index (κ3) is 6.78. The average molecular weight is 228 g/mol. The van der Waals surface area contributed by atoms with Gasteiger partial charge in [-0.15, -0.1) is 0 Å². The molecule has 0 heterocycles. The van der Waals surface area contributed by atoms with Gasteiger partial charge < -0.3 is 0 Å². The second-order valence-electron chi connectivity index (χ2n) is 5.06. The summed E-state index contributed by atoms with van der Waals surface area (Å²) in [7, 11) is 0. The van der Waals surface area contributed by atoms with Gasteiger partial charge in [-0.2, -0.15) is 0 Å². The van der Waals surface area contributed by atoms with Gasteiger partial charge in [-0.3, -0.25) is 0 Å². The van der Waals surface area contributed by atoms with E-state index in [1.807, 2.05) is 0 Å². The number of benzene rings is 1. The molecule has 0 aliphatic heterocycles. The van der Waals surface area contributed by atoms with Crippen LogP contribution in [0.4, 0.5) is 0 Å². The van der Waals surface area contributed by atoms with E-state index < -0.39 is 0 Å². The van der Waals surface area contributed by atoms with E-state index in [9.17, 15) is 0 Å². The summed E-state index contributed by atoms with van der Waals surface area (Å²) >= 11 is 0. The van der Waals surface area contributed by atoms with E-state index >= 15 is 0 Å². The van der Waals surface area contributed by atoms with E-state index in [-0.39, 0.29) is 0 Å². The Balaban J connectivity index is 0.000000181. The summed E-state index contributed by atoms with van der Waals surface area (Å²) in [6, 6.07) is 10.6. The highest BCUT2D eigenvalue weighted by atomic mass is 14.0. The van der Waals surface area contributed by atoms with Crippen molar-refractivity contribution >= 4 is 0 Å². The van der Waals surface area contributed by atoms with Crippen LogP contribution in [0.1, 0.15) is 39.2 Å². The fourth-order valence-corrected chi connectivity index (χ4v) is 1.81. The van der Waals surface area contributed by atoms with Gasteiger partial charge in [-0.05, 0) is 37.7 Å². The molecule has 92 valence electrons. The van der Waals surface area contributed by atoms with Crippen LogP contribution in [0.2, 0.25) is 0 Å². The zero-order valence-electron chi connectivity index (χ0n) is 11.3. The first-order valence-electron chi connectivity index (χ1n) is 6.54. The number of allylic oxidation sites excluding steroid dienone is 4. The Kier molecular flexibility index (Phi) is 6.39. The van der Waals surface area contributed by atoms with E-state index in [4.69, 9.17) is 0 Å². The Morgan fingerprint density at radius 1 is 1.12 bits per heavy atom. The monoisotopic (exact) mass is 228 g/mol. The molecule has 0 aromatic heterocycles. The Morgan fingerprint density at radius 2 is 1.82 bits per heavy atom. The van der Waals surface area contributed by atoms with Gasteiger partial charge in [0, 0.05) is 0 Å². The lowest BCUT2D eigenvalue weighted by Crippen LogP contribution is -1.92. The second kappa shape index (κ2) is 7.89. The number of hydrogen-bond donors (Lipinski definition) is 0. The van der Waals surface area contributed by atoms with Crippen LogP contribution in [0, 0.1) is 5.92 Å². The molecule has 0 nitrogen and oxygen atoms in total. The van der Waals surface area contributed by atoms with Crippen molar-refractivity contribution in [1.29, 1.82) is 0 Å². The molecule has 0 fully saturated rings. The molecule has 0 amide bonds. The third-order valence-electron chi connectivity index (χ3n) is 2.71. The van der Waals surface area contributed by atoms with Crippen LogP contribution in [-0.4, -0.2) is 0 Å². The molecule has 17 heavy (non-hydrogen) atoms. The normalized spacial score (nSPS) is 14.0. The van der Waals surface area contributed by atoms with Crippen LogP contribution < -0.4 is 0 Å². The van der Waals surface area contributed by atoms with Crippen molar-refractivity contribution in [2.45, 2.75) is 40.0 Å². The summed E-state index contributed by atoms with van der Waals surface area (Å²) in [5, 5.41) is 0. The van der Waals surface area contributed by atoms with Crippen molar-refractivity contribution in [2.24, 2.45) is 5.92 Å². The maximum Gasteiger partial charge on any atom is -0.0256 e. The van der Waals surface area contributed by atoms with Gasteiger partial charge in [-0.25, -0.2) is 0 Å². The maximum atomic E-state index is 2.24. The van der Waals surface area contributed by atoms with Crippen LogP contribution in [0.15, 0.2) is 54.1 Å². The molecule has 1 aliphatic carbocycles. The third-order valence-corrected chi connectivity index (χ3v) is 2.71. The largest absolute Gasteiger partial charge is 0.0842 e. The molecule has 0 radical (unpaired) electrons. The lowest BCUT2D eigenvalue weighted by molar-refractivity contribution is 0.647. The highest BCUT2D eigenvalue weighted by molar-refractivity contribution is 5.15. The molecule has 0 atom stereocenters. The second-order valence-corrected chi connectivity index (χ2v) is 5.06. The molecular formula is C17H24. The molecule has 0 saturated carbocycles. The fraction of sp³-hybridized carbons (Fsp3) is 0.412. The summed E-state index contributed by atoms with van der Waals surface area (Å²) in [4.78, 5) is 0. The number of hydrogen-bond acceptors (Lipinski definition) is 0. The van der Waals surface area contributed by atoms with Crippen LogP contribution in [0.25, 0.3) is 0 Å². The Morgan fingerprint density at radius 3 is 2.24 bits per heavy atom. The molecule has 0 unspecified atom stereocenters. The van der Waals surface area contributed by atoms with Crippen LogP contribution >= 0.6 is 0 Å². The zero-order valence-corrected chi connectivity index (χ0v) is 11.3. The van der Waals surface area contributed by atoms with Crippen LogP contribution in [0.3, 0.4) is 0 Å². The van der Waals surface area contributed by atoms with Crippen molar-refractivity contribution in [2.75, 3.05) is 0 Å². The van der Waals surface area contributed by atoms with Gasteiger partial charge in [0.2, 0.25) is 0 Å². The lowest BCUT2D eigenvalue weighted by atomic mass is 10.0. The molecule has 1 aromatic carbocycles. The van der Waals surface area contributed by atoms with Crippen molar-refractivity contribution in [1.82, 2.24) is 0 Å². The van der Waals surface area contributed by atoms with E-state index in [0.717, 1.165) is 5.92 Å². The Bertz CT molecular complexity index is 355. The summed E-state index contributed by atoms with van der Waals surface area (Å²) in [6.07, 6.45) is 10.2. The highest BCUT2D eigenvalue weighted by Gasteiger charge is 1.94. The van der Waals surface area contributed by atoms with Gasteiger partial charge in [0.05, 0.1) is 0 Å². The van der Waals surface area contributed by atoms with Gasteiger partial charge >= 0.3 is 0 Å². The minimum Gasteiger partial charge on any atom is -0.0842 e. The summed E-state index contributed by atoms with van der Waals surface area (Å²) in [6.45, 7) is 6.66. The van der Waals surface area contributed by atoms with E-state index in [0.29, 0.717) is 0 Å². The lowest BCUT2D eigenvalue weighted by Gasteiger charge is -2.02. The maximum absolute atomic E-state index is 2.24. The Hall–Kier alpha value is -1.30. The topological polar surface area (TPSA) is 0 Å². The van der Waals surface area contributed by atoms with E-state index in [1.54, 1.807) is 0 Å². The first kappa shape index (κ1) is 13.8. The smallest absolute Gasteiger partial charge is 0.0256 e. The molecule has 2 rings (SSSR count). The highest BCUT2D eigenvalue weighted by Crippen LogP contribution is 2.09. The van der Waals surface area contributed by atoms with Crippen molar-refractivity contribution in [3.63, 3.8) is 0 Å². The minimum absolute atomic E-state index is 0.766. The van der Waals surface area contributed by atoms with Crippen molar-refractivity contribution < 1.29 is 0 Å². The molecular weight excluding hydrogens is 204 g/mol. The average Bonchev–Trinajstić information content (AvgIpc) is 2.31. The van der Waals surface area contributed by atoms with Gasteiger partial charge in [-0.1, -0.05) is 68.0 Å². The SMILES string of the molecule is CC(C)Cc1ccccc1.CC1=CC=CCC1. The Labute approximate surface area is 106 Å². The van der Waals surface area contributed by atoms with Crippen LogP contribution in [-0.2, 0) is 6.42 Å². The molecule has 1 aliphatic rings. The fourth-order valence-electron chi connectivity index (χ4n) is 1.81. The molecule has 0 bridgehead atoms. The molecule has 0 heteroatoms. The summed E-state index contributed by atoms with van der Waals surface area (Å²) in [5.74, 6) is 0.766. The predicted octanol–water partition coefficient (Wildman–Crippen LogP) is 5.17. The first-order valence-corrected chi connectivity index (χ1v) is 6.54. The molecule has 0 saturated heterocycles.